The molecular formula is C18H21BrN2O3S. The van der Waals surface area contributed by atoms with E-state index in [1.807, 2.05) is 13.8 Å². The molecule has 0 saturated heterocycles. The first kappa shape index (κ1) is 19.5. The summed E-state index contributed by atoms with van der Waals surface area (Å²) in [5, 5.41) is 2.72. The Morgan fingerprint density at radius 2 is 1.84 bits per heavy atom. The van der Waals surface area contributed by atoms with Gasteiger partial charge in [-0.25, -0.2) is 8.42 Å². The topological polar surface area (TPSA) is 66.5 Å². The second kappa shape index (κ2) is 8.49. The van der Waals surface area contributed by atoms with Crippen LogP contribution in [-0.2, 0) is 14.8 Å². The highest BCUT2D eigenvalue weighted by Crippen LogP contribution is 2.26. The number of nitrogens with zero attached hydrogens (tertiary/aromatic N) is 1. The van der Waals surface area contributed by atoms with E-state index >= 15 is 0 Å². The normalized spacial score (nSPS) is 11.2. The Kier molecular flexibility index (Phi) is 6.61. The minimum Gasteiger partial charge on any atom is -0.355 e. The second-order valence-electron chi connectivity index (χ2n) is 5.65. The molecule has 0 aliphatic carbocycles. The molecule has 0 aliphatic rings. The number of rotatable bonds is 7. The summed E-state index contributed by atoms with van der Waals surface area (Å²) in [5.74, 6) is -0.336. The van der Waals surface area contributed by atoms with Gasteiger partial charge in [0.15, 0.2) is 0 Å². The highest BCUT2D eigenvalue weighted by molar-refractivity contribution is 9.10. The van der Waals surface area contributed by atoms with Gasteiger partial charge in [0.1, 0.15) is 6.54 Å². The summed E-state index contributed by atoms with van der Waals surface area (Å²) < 4.78 is 28.1. The Labute approximate surface area is 157 Å². The molecule has 2 rings (SSSR count). The van der Waals surface area contributed by atoms with Crippen LogP contribution in [0.4, 0.5) is 5.69 Å². The second-order valence-corrected chi connectivity index (χ2v) is 8.43. The van der Waals surface area contributed by atoms with E-state index < -0.39 is 10.0 Å². The van der Waals surface area contributed by atoms with Gasteiger partial charge in [-0.1, -0.05) is 46.6 Å². The molecule has 1 N–H and O–H groups in total. The quantitative estimate of drug-likeness (QED) is 0.739. The molecule has 2 aromatic carbocycles. The van der Waals surface area contributed by atoms with Crippen LogP contribution in [0.15, 0.2) is 57.9 Å². The lowest BCUT2D eigenvalue weighted by atomic mass is 10.2. The highest BCUT2D eigenvalue weighted by atomic mass is 79.9. The van der Waals surface area contributed by atoms with Crippen molar-refractivity contribution in [2.45, 2.75) is 25.2 Å². The molecule has 2 aromatic rings. The maximum absolute atomic E-state index is 13.1. The van der Waals surface area contributed by atoms with Crippen LogP contribution in [0.5, 0.6) is 0 Å². The smallest absolute Gasteiger partial charge is 0.264 e. The molecule has 7 heteroatoms. The third-order valence-corrected chi connectivity index (χ3v) is 5.85. The molecule has 0 atom stereocenters. The van der Waals surface area contributed by atoms with Crippen molar-refractivity contribution in [1.29, 1.82) is 0 Å². The average Bonchev–Trinajstić information content (AvgIpc) is 2.58. The molecule has 0 radical (unpaired) electrons. The average molecular weight is 425 g/mol. The van der Waals surface area contributed by atoms with Crippen LogP contribution in [0.25, 0.3) is 0 Å². The first-order valence-corrected chi connectivity index (χ1v) is 10.2. The number of carbonyl (C=O) groups is 1. The fourth-order valence-corrected chi connectivity index (χ4v) is 4.03. The van der Waals surface area contributed by atoms with Gasteiger partial charge in [0.25, 0.3) is 10.0 Å². The van der Waals surface area contributed by atoms with E-state index in [-0.39, 0.29) is 17.3 Å². The van der Waals surface area contributed by atoms with E-state index in [9.17, 15) is 13.2 Å². The van der Waals surface area contributed by atoms with Crippen molar-refractivity contribution in [3.05, 3.63) is 58.6 Å². The van der Waals surface area contributed by atoms with Crippen LogP contribution in [0, 0.1) is 6.92 Å². The number of carbonyl (C=O) groups excluding carboxylic acids is 1. The van der Waals surface area contributed by atoms with Crippen molar-refractivity contribution < 1.29 is 13.2 Å². The van der Waals surface area contributed by atoms with E-state index in [0.29, 0.717) is 12.2 Å². The number of hydrogen-bond acceptors (Lipinski definition) is 3. The zero-order valence-corrected chi connectivity index (χ0v) is 16.6. The summed E-state index contributed by atoms with van der Waals surface area (Å²) in [4.78, 5) is 12.3. The zero-order chi connectivity index (χ0) is 18.4. The number of hydrogen-bond donors (Lipinski definition) is 1. The summed E-state index contributed by atoms with van der Waals surface area (Å²) in [5.41, 5.74) is 1.40. The van der Waals surface area contributed by atoms with Gasteiger partial charge in [0, 0.05) is 11.0 Å². The Morgan fingerprint density at radius 1 is 1.16 bits per heavy atom. The van der Waals surface area contributed by atoms with Gasteiger partial charge in [-0.2, -0.15) is 0 Å². The summed E-state index contributed by atoms with van der Waals surface area (Å²) in [6.45, 7) is 4.07. The third kappa shape index (κ3) is 5.06. The molecule has 0 saturated carbocycles. The molecule has 0 aliphatic heterocycles. The number of halogens is 1. The largest absolute Gasteiger partial charge is 0.355 e. The van der Waals surface area contributed by atoms with Crippen molar-refractivity contribution in [2.75, 3.05) is 17.4 Å². The Hall–Kier alpha value is -1.86. The Bertz CT molecular complexity index is 836. The molecule has 0 spiro atoms. The molecule has 5 nitrogen and oxygen atoms in total. The molecule has 0 fully saturated rings. The highest BCUT2D eigenvalue weighted by Gasteiger charge is 2.27. The molecule has 25 heavy (non-hydrogen) atoms. The monoisotopic (exact) mass is 424 g/mol. The lowest BCUT2D eigenvalue weighted by Gasteiger charge is -2.24. The predicted molar refractivity (Wildman–Crippen MR) is 103 cm³/mol. The van der Waals surface area contributed by atoms with Crippen LogP contribution in [0.2, 0.25) is 0 Å². The molecule has 0 heterocycles. The number of aryl methyl sites for hydroxylation is 1. The number of anilines is 1. The van der Waals surface area contributed by atoms with E-state index in [1.54, 1.807) is 48.5 Å². The van der Waals surface area contributed by atoms with Crippen LogP contribution in [0.1, 0.15) is 18.9 Å². The van der Waals surface area contributed by atoms with Crippen molar-refractivity contribution in [3.63, 3.8) is 0 Å². The molecular weight excluding hydrogens is 404 g/mol. The Morgan fingerprint density at radius 3 is 2.44 bits per heavy atom. The van der Waals surface area contributed by atoms with E-state index in [1.165, 1.54) is 0 Å². The molecule has 0 unspecified atom stereocenters. The van der Waals surface area contributed by atoms with Crippen LogP contribution in [-0.4, -0.2) is 27.4 Å². The van der Waals surface area contributed by atoms with Crippen molar-refractivity contribution in [2.24, 2.45) is 0 Å². The van der Waals surface area contributed by atoms with Crippen molar-refractivity contribution >= 4 is 37.5 Å². The first-order valence-electron chi connectivity index (χ1n) is 7.96. The van der Waals surface area contributed by atoms with E-state index in [4.69, 9.17) is 0 Å². The van der Waals surface area contributed by atoms with E-state index in [2.05, 4.69) is 21.2 Å². The third-order valence-electron chi connectivity index (χ3n) is 3.56. The first-order chi connectivity index (χ1) is 11.8. The minimum atomic E-state index is -3.86. The summed E-state index contributed by atoms with van der Waals surface area (Å²) >= 11 is 3.35. The standard InChI is InChI=1S/C18H21BrN2O3S/c1-3-11-20-18(22)13-21(16-6-4-5-15(19)12-16)25(23,24)17-9-7-14(2)8-10-17/h4-10,12H,3,11,13H2,1-2H3,(H,20,22). The fourth-order valence-electron chi connectivity index (χ4n) is 2.23. The van der Waals surface area contributed by atoms with Gasteiger partial charge in [0.2, 0.25) is 5.91 Å². The van der Waals surface area contributed by atoms with E-state index in [0.717, 1.165) is 20.8 Å². The molecule has 0 bridgehead atoms. The van der Waals surface area contributed by atoms with Crippen LogP contribution in [0.3, 0.4) is 0 Å². The van der Waals surface area contributed by atoms with Crippen LogP contribution >= 0.6 is 15.9 Å². The molecule has 1 amide bonds. The number of nitrogens with one attached hydrogen (secondary N) is 1. The maximum atomic E-state index is 13.1. The Balaban J connectivity index is 2.42. The number of sulfonamides is 1. The van der Waals surface area contributed by atoms with Crippen molar-refractivity contribution in [3.8, 4) is 0 Å². The summed E-state index contributed by atoms with van der Waals surface area (Å²) in [6.07, 6.45) is 0.785. The molecule has 0 aromatic heterocycles. The summed E-state index contributed by atoms with van der Waals surface area (Å²) in [7, 11) is -3.86. The minimum absolute atomic E-state index is 0.154. The summed E-state index contributed by atoms with van der Waals surface area (Å²) in [6, 6.07) is 13.5. The lowest BCUT2D eigenvalue weighted by Crippen LogP contribution is -2.41. The predicted octanol–water partition coefficient (Wildman–Crippen LogP) is 3.48. The SMILES string of the molecule is CCCNC(=O)CN(c1cccc(Br)c1)S(=O)(=O)c1ccc(C)cc1. The maximum Gasteiger partial charge on any atom is 0.264 e. The van der Waals surface area contributed by atoms with Gasteiger partial charge in [-0.15, -0.1) is 0 Å². The van der Waals surface area contributed by atoms with Gasteiger partial charge in [-0.3, -0.25) is 9.10 Å². The van der Waals surface area contributed by atoms with Gasteiger partial charge >= 0.3 is 0 Å². The number of amides is 1. The van der Waals surface area contributed by atoms with Crippen molar-refractivity contribution in [1.82, 2.24) is 5.32 Å². The molecule has 134 valence electrons. The van der Waals surface area contributed by atoms with Gasteiger partial charge in [-0.05, 0) is 43.7 Å². The van der Waals surface area contributed by atoms with Gasteiger partial charge < -0.3 is 5.32 Å². The number of benzene rings is 2. The lowest BCUT2D eigenvalue weighted by molar-refractivity contribution is -0.119. The van der Waals surface area contributed by atoms with Crippen LogP contribution < -0.4 is 9.62 Å². The van der Waals surface area contributed by atoms with Gasteiger partial charge in [0.05, 0.1) is 10.6 Å². The zero-order valence-electron chi connectivity index (χ0n) is 14.2. The fraction of sp³-hybridized carbons (Fsp3) is 0.278.